The first kappa shape index (κ1) is 19.9. The molecule has 0 aromatic heterocycles. The van der Waals surface area contributed by atoms with Gasteiger partial charge < -0.3 is 15.2 Å². The smallest absolute Gasteiger partial charge is 0.323 e. The van der Waals surface area contributed by atoms with E-state index in [4.69, 9.17) is 26.8 Å². The highest BCUT2D eigenvalue weighted by Gasteiger charge is 2.42. The van der Waals surface area contributed by atoms with Gasteiger partial charge in [-0.3, -0.25) is 9.59 Å². The second-order valence-corrected chi connectivity index (χ2v) is 6.80. The molecule has 2 N–H and O–H groups in total. The largest absolute Gasteiger partial charge is 0.480 e. The normalized spacial score (nSPS) is 13.6. The lowest BCUT2D eigenvalue weighted by Gasteiger charge is -2.31. The Balaban J connectivity index is 2.34. The third-order valence-electron chi connectivity index (χ3n) is 4.05. The lowest BCUT2D eigenvalue weighted by atomic mass is 9.81. The van der Waals surface area contributed by atoms with Gasteiger partial charge in [0, 0.05) is 5.02 Å². The second kappa shape index (κ2) is 8.34. The van der Waals surface area contributed by atoms with Crippen LogP contribution in [0.15, 0.2) is 54.6 Å². The summed E-state index contributed by atoms with van der Waals surface area (Å²) in [4.78, 5) is 25.3. The van der Waals surface area contributed by atoms with Crippen molar-refractivity contribution in [3.05, 3.63) is 65.2 Å². The molecule has 5 nitrogen and oxygen atoms in total. The summed E-state index contributed by atoms with van der Waals surface area (Å²) >= 11 is 5.88. The monoisotopic (exact) mass is 375 g/mol. The molecule has 2 atom stereocenters. The number of ether oxygens (including phenoxy) is 2. The van der Waals surface area contributed by atoms with Crippen molar-refractivity contribution in [2.75, 3.05) is 7.11 Å². The van der Waals surface area contributed by atoms with Crippen LogP contribution >= 0.6 is 11.6 Å². The number of methoxy groups -OCH3 is 1. The molecule has 138 valence electrons. The van der Waals surface area contributed by atoms with E-state index in [-0.39, 0.29) is 5.78 Å². The topological polar surface area (TPSA) is 78.6 Å². The van der Waals surface area contributed by atoms with Gasteiger partial charge in [0.05, 0.1) is 13.0 Å². The van der Waals surface area contributed by atoms with Gasteiger partial charge in [0.25, 0.3) is 0 Å². The Morgan fingerprint density at radius 3 is 2.15 bits per heavy atom. The molecule has 0 spiro atoms. The summed E-state index contributed by atoms with van der Waals surface area (Å²) in [5.41, 5.74) is 5.45. The van der Waals surface area contributed by atoms with Crippen molar-refractivity contribution in [2.45, 2.75) is 31.4 Å². The summed E-state index contributed by atoms with van der Waals surface area (Å²) in [5.74, 6) is -1.39. The number of benzene rings is 2. The van der Waals surface area contributed by atoms with Crippen LogP contribution in [-0.2, 0) is 14.3 Å². The molecule has 0 saturated carbocycles. The molecule has 26 heavy (non-hydrogen) atoms. The molecular formula is C20H22ClNO4. The van der Waals surface area contributed by atoms with Crippen LogP contribution in [-0.4, -0.2) is 30.5 Å². The SMILES string of the molecule is COC(=O)C(N)C(C(=O)C(C)(C)Oc1ccc(Cl)cc1)c1ccccc1. The zero-order valence-corrected chi connectivity index (χ0v) is 15.7. The van der Waals surface area contributed by atoms with Gasteiger partial charge in [0.2, 0.25) is 0 Å². The van der Waals surface area contributed by atoms with Crippen molar-refractivity contribution in [3.63, 3.8) is 0 Å². The van der Waals surface area contributed by atoms with Crippen LogP contribution in [0.1, 0.15) is 25.3 Å². The van der Waals surface area contributed by atoms with Crippen LogP contribution in [0.25, 0.3) is 0 Å². The predicted molar refractivity (Wildman–Crippen MR) is 100 cm³/mol. The quantitative estimate of drug-likeness (QED) is 0.751. The molecule has 0 heterocycles. The number of ketones is 1. The van der Waals surface area contributed by atoms with E-state index in [2.05, 4.69) is 0 Å². The Labute approximate surface area is 158 Å². The molecule has 0 aliphatic rings. The Morgan fingerprint density at radius 1 is 1.04 bits per heavy atom. The molecule has 0 aliphatic heterocycles. The molecule has 0 amide bonds. The summed E-state index contributed by atoms with van der Waals surface area (Å²) in [5, 5.41) is 0.566. The van der Waals surface area contributed by atoms with Gasteiger partial charge in [-0.05, 0) is 43.7 Å². The average Bonchev–Trinajstić information content (AvgIpc) is 2.63. The van der Waals surface area contributed by atoms with E-state index in [0.717, 1.165) is 0 Å². The maximum atomic E-state index is 13.3. The first-order chi connectivity index (χ1) is 12.3. The van der Waals surface area contributed by atoms with E-state index in [1.54, 1.807) is 62.4 Å². The Hall–Kier alpha value is -2.37. The first-order valence-electron chi connectivity index (χ1n) is 8.13. The summed E-state index contributed by atoms with van der Waals surface area (Å²) < 4.78 is 10.6. The van der Waals surface area contributed by atoms with Crippen LogP contribution < -0.4 is 10.5 Å². The molecular weight excluding hydrogens is 354 g/mol. The highest BCUT2D eigenvalue weighted by molar-refractivity contribution is 6.30. The fourth-order valence-electron chi connectivity index (χ4n) is 2.68. The third-order valence-corrected chi connectivity index (χ3v) is 4.31. The van der Waals surface area contributed by atoms with E-state index in [0.29, 0.717) is 16.3 Å². The minimum atomic E-state index is -1.22. The Bertz CT molecular complexity index is 759. The predicted octanol–water partition coefficient (Wildman–Crippen LogP) is 3.35. The Kier molecular flexibility index (Phi) is 6.40. The lowest BCUT2D eigenvalue weighted by Crippen LogP contribution is -2.49. The number of carbonyl (C=O) groups is 2. The van der Waals surface area contributed by atoms with Crippen LogP contribution in [0.4, 0.5) is 0 Å². The summed E-state index contributed by atoms with van der Waals surface area (Å²) in [6.07, 6.45) is 0. The highest BCUT2D eigenvalue weighted by Crippen LogP contribution is 2.29. The van der Waals surface area contributed by atoms with E-state index in [9.17, 15) is 9.59 Å². The molecule has 2 aromatic carbocycles. The average molecular weight is 376 g/mol. The van der Waals surface area contributed by atoms with Gasteiger partial charge in [0.15, 0.2) is 11.4 Å². The molecule has 2 aromatic rings. The molecule has 0 saturated heterocycles. The minimum absolute atomic E-state index is 0.323. The number of esters is 1. The van der Waals surface area contributed by atoms with E-state index in [1.807, 2.05) is 6.07 Å². The molecule has 0 aliphatic carbocycles. The van der Waals surface area contributed by atoms with Gasteiger partial charge in [-0.25, -0.2) is 0 Å². The van der Waals surface area contributed by atoms with E-state index in [1.165, 1.54) is 7.11 Å². The number of carbonyl (C=O) groups excluding carboxylic acids is 2. The summed E-state index contributed by atoms with van der Waals surface area (Å²) in [6, 6.07) is 14.5. The van der Waals surface area contributed by atoms with Crippen LogP contribution in [0, 0.1) is 0 Å². The van der Waals surface area contributed by atoms with Crippen molar-refractivity contribution in [1.82, 2.24) is 0 Å². The standard InChI is InChI=1S/C20H22ClNO4/c1-20(2,26-15-11-9-14(21)10-12-15)18(23)16(17(22)19(24)25-3)13-7-5-4-6-8-13/h4-12,16-17H,22H2,1-3H3. The van der Waals surface area contributed by atoms with Crippen molar-refractivity contribution in [3.8, 4) is 5.75 Å². The maximum Gasteiger partial charge on any atom is 0.323 e. The number of hydrogen-bond acceptors (Lipinski definition) is 5. The van der Waals surface area contributed by atoms with Gasteiger partial charge in [0.1, 0.15) is 11.8 Å². The van der Waals surface area contributed by atoms with Crippen LogP contribution in [0.3, 0.4) is 0 Å². The molecule has 0 radical (unpaired) electrons. The Morgan fingerprint density at radius 2 is 1.62 bits per heavy atom. The number of Topliss-reactive ketones (excluding diaryl/α,β-unsaturated/α-hetero) is 1. The van der Waals surface area contributed by atoms with Gasteiger partial charge in [-0.15, -0.1) is 0 Å². The van der Waals surface area contributed by atoms with Gasteiger partial charge in [-0.2, -0.15) is 0 Å². The zero-order valence-electron chi connectivity index (χ0n) is 14.9. The van der Waals surface area contributed by atoms with Crippen molar-refractivity contribution in [1.29, 1.82) is 0 Å². The zero-order chi connectivity index (χ0) is 19.3. The minimum Gasteiger partial charge on any atom is -0.480 e. The molecule has 2 unspecified atom stereocenters. The summed E-state index contributed by atoms with van der Waals surface area (Å²) in [6.45, 7) is 3.29. The number of nitrogens with two attached hydrogens (primary N) is 1. The van der Waals surface area contributed by atoms with Gasteiger partial charge in [-0.1, -0.05) is 41.9 Å². The fraction of sp³-hybridized carbons (Fsp3) is 0.300. The number of halogens is 1. The van der Waals surface area contributed by atoms with Crippen molar-refractivity contribution < 1.29 is 19.1 Å². The molecule has 6 heteroatoms. The second-order valence-electron chi connectivity index (χ2n) is 6.37. The molecule has 0 bridgehead atoms. The van der Waals surface area contributed by atoms with Crippen LogP contribution in [0.2, 0.25) is 5.02 Å². The number of hydrogen-bond donors (Lipinski definition) is 1. The van der Waals surface area contributed by atoms with Gasteiger partial charge >= 0.3 is 5.97 Å². The maximum absolute atomic E-state index is 13.3. The lowest BCUT2D eigenvalue weighted by molar-refractivity contribution is -0.146. The number of rotatable bonds is 7. The highest BCUT2D eigenvalue weighted by atomic mass is 35.5. The first-order valence-corrected chi connectivity index (χ1v) is 8.51. The van der Waals surface area contributed by atoms with E-state index < -0.39 is 23.5 Å². The fourth-order valence-corrected chi connectivity index (χ4v) is 2.80. The van der Waals surface area contributed by atoms with E-state index >= 15 is 0 Å². The molecule has 0 fully saturated rings. The van der Waals surface area contributed by atoms with Crippen LogP contribution in [0.5, 0.6) is 5.75 Å². The molecule has 2 rings (SSSR count). The van der Waals surface area contributed by atoms with Crippen molar-refractivity contribution >= 4 is 23.4 Å². The van der Waals surface area contributed by atoms with Crippen molar-refractivity contribution in [2.24, 2.45) is 5.73 Å². The third kappa shape index (κ3) is 4.62. The summed E-state index contributed by atoms with van der Waals surface area (Å²) in [7, 11) is 1.24.